The van der Waals surface area contributed by atoms with Crippen molar-refractivity contribution in [3.63, 3.8) is 0 Å². The molecule has 1 aromatic heterocycles. The molecule has 0 unspecified atom stereocenters. The third-order valence-corrected chi connectivity index (χ3v) is 3.97. The summed E-state index contributed by atoms with van der Waals surface area (Å²) in [6.07, 6.45) is 1.94. The second-order valence-corrected chi connectivity index (χ2v) is 5.71. The summed E-state index contributed by atoms with van der Waals surface area (Å²) in [5.74, 6) is 1.97. The zero-order valence-electron chi connectivity index (χ0n) is 16.0. The predicted molar refractivity (Wildman–Crippen MR) is 122 cm³/mol. The Balaban J connectivity index is 0.00000280. The van der Waals surface area contributed by atoms with Crippen molar-refractivity contribution in [3.05, 3.63) is 66.5 Å². The number of guanidine groups is 1. The van der Waals surface area contributed by atoms with Gasteiger partial charge < -0.3 is 20.1 Å². The minimum atomic E-state index is 0. The summed E-state index contributed by atoms with van der Waals surface area (Å²) in [4.78, 5) is 4.25. The van der Waals surface area contributed by atoms with Crippen molar-refractivity contribution < 1.29 is 9.47 Å². The van der Waals surface area contributed by atoms with Crippen LogP contribution in [0.2, 0.25) is 0 Å². The monoisotopic (exact) mass is 493 g/mol. The Bertz CT molecular complexity index is 912. The third-order valence-electron chi connectivity index (χ3n) is 3.97. The van der Waals surface area contributed by atoms with Crippen molar-refractivity contribution in [1.29, 1.82) is 0 Å². The van der Waals surface area contributed by atoms with Crippen molar-refractivity contribution in [1.82, 2.24) is 15.1 Å². The molecule has 0 saturated carbocycles. The number of nitrogens with one attached hydrogen (secondary N) is 2. The van der Waals surface area contributed by atoms with Crippen molar-refractivity contribution >= 4 is 35.6 Å². The van der Waals surface area contributed by atoms with Crippen LogP contribution < -0.4 is 20.1 Å². The van der Waals surface area contributed by atoms with E-state index in [9.17, 15) is 0 Å². The van der Waals surface area contributed by atoms with Gasteiger partial charge in [-0.05, 0) is 30.3 Å². The van der Waals surface area contributed by atoms with Crippen LogP contribution in [0.4, 0.5) is 5.69 Å². The molecule has 1 heterocycles. The number of hydrogen-bond donors (Lipinski definition) is 2. The normalized spacial score (nSPS) is 10.8. The van der Waals surface area contributed by atoms with E-state index in [4.69, 9.17) is 9.47 Å². The predicted octanol–water partition coefficient (Wildman–Crippen LogP) is 3.70. The van der Waals surface area contributed by atoms with Gasteiger partial charge in [0.05, 0.1) is 32.1 Å². The lowest BCUT2D eigenvalue weighted by molar-refractivity contribution is 0.355. The molecule has 0 spiro atoms. The Morgan fingerprint density at radius 2 is 1.79 bits per heavy atom. The Labute approximate surface area is 181 Å². The van der Waals surface area contributed by atoms with Crippen molar-refractivity contribution in [2.45, 2.75) is 6.54 Å². The first-order chi connectivity index (χ1) is 13.2. The van der Waals surface area contributed by atoms with Gasteiger partial charge in [-0.25, -0.2) is 4.68 Å². The number of ether oxygens (including phenoxy) is 2. The van der Waals surface area contributed by atoms with Gasteiger partial charge in [-0.1, -0.05) is 18.2 Å². The van der Waals surface area contributed by atoms with Crippen molar-refractivity contribution in [2.75, 3.05) is 26.6 Å². The van der Waals surface area contributed by atoms with Crippen LogP contribution in [0.25, 0.3) is 5.69 Å². The van der Waals surface area contributed by atoms with E-state index in [0.29, 0.717) is 24.0 Å². The lowest BCUT2D eigenvalue weighted by atomic mass is 10.3. The quantitative estimate of drug-likeness (QED) is 0.312. The average molecular weight is 493 g/mol. The summed E-state index contributed by atoms with van der Waals surface area (Å²) in [6.45, 7) is 0.548. The zero-order valence-corrected chi connectivity index (χ0v) is 18.4. The highest BCUT2D eigenvalue weighted by Gasteiger charge is 2.07. The first-order valence-electron chi connectivity index (χ1n) is 8.53. The average Bonchev–Trinajstić information content (AvgIpc) is 3.20. The fourth-order valence-corrected chi connectivity index (χ4v) is 2.58. The number of hydrogen-bond acceptors (Lipinski definition) is 4. The Morgan fingerprint density at radius 1 is 1.04 bits per heavy atom. The number of para-hydroxylation sites is 1. The maximum atomic E-state index is 5.33. The molecule has 0 amide bonds. The van der Waals surface area contributed by atoms with E-state index in [0.717, 1.165) is 17.1 Å². The molecule has 7 nitrogen and oxygen atoms in total. The number of aliphatic imine (C=N–C) groups is 1. The van der Waals surface area contributed by atoms with Crippen molar-refractivity contribution in [2.24, 2.45) is 4.99 Å². The summed E-state index contributed by atoms with van der Waals surface area (Å²) in [5, 5.41) is 11.1. The standard InChI is InChI=1S/C20H23N5O2.HI/c1-21-20(23-15-9-10-18(26-2)19(13-15)27-3)22-14-16-11-12-25(24-16)17-7-5-4-6-8-17;/h4-13H,14H2,1-3H3,(H2,21,22,23);1H. The highest BCUT2D eigenvalue weighted by Crippen LogP contribution is 2.29. The second-order valence-electron chi connectivity index (χ2n) is 5.71. The molecule has 148 valence electrons. The number of nitrogens with zero attached hydrogens (tertiary/aromatic N) is 3. The Kier molecular flexibility index (Phi) is 8.12. The third kappa shape index (κ3) is 5.38. The van der Waals surface area contributed by atoms with Crippen LogP contribution >= 0.6 is 24.0 Å². The number of aromatic nitrogens is 2. The molecule has 0 saturated heterocycles. The summed E-state index contributed by atoms with van der Waals surface area (Å²) < 4.78 is 12.4. The zero-order chi connectivity index (χ0) is 19.1. The van der Waals surface area contributed by atoms with Gasteiger partial charge in [0.25, 0.3) is 0 Å². The molecule has 0 atom stereocenters. The summed E-state index contributed by atoms with van der Waals surface area (Å²) >= 11 is 0. The van der Waals surface area contributed by atoms with E-state index in [1.54, 1.807) is 21.3 Å². The highest BCUT2D eigenvalue weighted by molar-refractivity contribution is 14.0. The smallest absolute Gasteiger partial charge is 0.195 e. The minimum absolute atomic E-state index is 0. The van der Waals surface area contributed by atoms with E-state index < -0.39 is 0 Å². The van der Waals surface area contributed by atoms with Gasteiger partial charge in [-0.15, -0.1) is 24.0 Å². The minimum Gasteiger partial charge on any atom is -0.493 e. The largest absolute Gasteiger partial charge is 0.493 e. The molecule has 0 fully saturated rings. The SMILES string of the molecule is CN=C(NCc1ccn(-c2ccccc2)n1)Nc1ccc(OC)c(OC)c1.I. The topological polar surface area (TPSA) is 72.7 Å². The molecular weight excluding hydrogens is 469 g/mol. The van der Waals surface area contributed by atoms with E-state index in [1.165, 1.54) is 0 Å². The molecule has 0 radical (unpaired) electrons. The maximum Gasteiger partial charge on any atom is 0.195 e. The van der Waals surface area contributed by atoms with Gasteiger partial charge in [-0.3, -0.25) is 4.99 Å². The molecule has 28 heavy (non-hydrogen) atoms. The maximum absolute atomic E-state index is 5.33. The van der Waals surface area contributed by atoms with Gasteiger partial charge in [-0.2, -0.15) is 5.10 Å². The number of anilines is 1. The number of rotatable bonds is 6. The van der Waals surface area contributed by atoms with Crippen LogP contribution in [0.5, 0.6) is 11.5 Å². The lowest BCUT2D eigenvalue weighted by Crippen LogP contribution is -2.30. The molecule has 0 bridgehead atoms. The van der Waals surface area contributed by atoms with Crippen LogP contribution in [0.15, 0.2) is 65.8 Å². The molecule has 0 aliphatic carbocycles. The molecule has 8 heteroatoms. The molecule has 0 aliphatic heterocycles. The molecule has 2 N–H and O–H groups in total. The van der Waals surface area contributed by atoms with Gasteiger partial charge in [0.2, 0.25) is 0 Å². The molecule has 2 aromatic carbocycles. The summed E-state index contributed by atoms with van der Waals surface area (Å²) in [6, 6.07) is 17.6. The Hall–Kier alpha value is -2.75. The number of halogens is 1. The van der Waals surface area contributed by atoms with Crippen LogP contribution in [-0.4, -0.2) is 37.0 Å². The fourth-order valence-electron chi connectivity index (χ4n) is 2.58. The summed E-state index contributed by atoms with van der Waals surface area (Å²) in [5.41, 5.74) is 2.78. The van der Waals surface area contributed by atoms with E-state index in [2.05, 4.69) is 20.7 Å². The first-order valence-corrected chi connectivity index (χ1v) is 8.53. The first kappa shape index (κ1) is 21.5. The second kappa shape index (κ2) is 10.5. The Morgan fingerprint density at radius 3 is 2.46 bits per heavy atom. The van der Waals surface area contributed by atoms with Gasteiger partial charge in [0, 0.05) is 25.0 Å². The van der Waals surface area contributed by atoms with E-state index in [-0.39, 0.29) is 24.0 Å². The summed E-state index contributed by atoms with van der Waals surface area (Å²) in [7, 11) is 4.94. The number of benzene rings is 2. The molecular formula is C20H24IN5O2. The van der Waals surface area contributed by atoms with Gasteiger partial charge in [0.15, 0.2) is 17.5 Å². The molecule has 3 rings (SSSR count). The van der Waals surface area contributed by atoms with Crippen LogP contribution in [0.3, 0.4) is 0 Å². The van der Waals surface area contributed by atoms with Crippen LogP contribution in [0.1, 0.15) is 5.69 Å². The van der Waals surface area contributed by atoms with E-state index in [1.807, 2.05) is 65.5 Å². The van der Waals surface area contributed by atoms with Crippen molar-refractivity contribution in [3.8, 4) is 17.2 Å². The number of methoxy groups -OCH3 is 2. The van der Waals surface area contributed by atoms with Gasteiger partial charge in [0.1, 0.15) is 0 Å². The van der Waals surface area contributed by atoms with Gasteiger partial charge >= 0.3 is 0 Å². The van der Waals surface area contributed by atoms with Crippen LogP contribution in [0, 0.1) is 0 Å². The molecule has 0 aliphatic rings. The van der Waals surface area contributed by atoms with E-state index >= 15 is 0 Å². The lowest BCUT2D eigenvalue weighted by Gasteiger charge is -2.13. The highest BCUT2D eigenvalue weighted by atomic mass is 127. The molecule has 3 aromatic rings. The fraction of sp³-hybridized carbons (Fsp3) is 0.200. The van der Waals surface area contributed by atoms with Crippen LogP contribution in [-0.2, 0) is 6.54 Å².